The lowest BCUT2D eigenvalue weighted by Gasteiger charge is -2.18. The smallest absolute Gasteiger partial charge is 0.344 e. The number of hydrogen-bond donors (Lipinski definition) is 1. The van der Waals surface area contributed by atoms with Crippen molar-refractivity contribution in [1.82, 2.24) is 5.16 Å². The van der Waals surface area contributed by atoms with Crippen LogP contribution >= 0.6 is 0 Å². The summed E-state index contributed by atoms with van der Waals surface area (Å²) in [6.07, 6.45) is -0.711. The van der Waals surface area contributed by atoms with Gasteiger partial charge >= 0.3 is 5.97 Å². The van der Waals surface area contributed by atoms with E-state index in [4.69, 9.17) is 9.26 Å². The van der Waals surface area contributed by atoms with E-state index in [1.165, 1.54) is 24.3 Å². The SMILES string of the molecule is CCc1noc(C)c1C(=O)OC(C(=O)Nc1ccc(F)cc1)c1ccccc1. The van der Waals surface area contributed by atoms with Gasteiger partial charge < -0.3 is 14.6 Å². The molecule has 3 rings (SSSR count). The van der Waals surface area contributed by atoms with Crippen molar-refractivity contribution in [3.8, 4) is 0 Å². The Bertz CT molecular complexity index is 968. The third-order valence-electron chi connectivity index (χ3n) is 4.15. The van der Waals surface area contributed by atoms with E-state index >= 15 is 0 Å². The van der Waals surface area contributed by atoms with Crippen molar-refractivity contribution in [2.24, 2.45) is 0 Å². The molecule has 1 N–H and O–H groups in total. The molecule has 0 aliphatic heterocycles. The second-order valence-electron chi connectivity index (χ2n) is 6.11. The number of aryl methyl sites for hydroxylation is 2. The van der Waals surface area contributed by atoms with Crippen LogP contribution in [0.1, 0.15) is 40.4 Å². The standard InChI is InChI=1S/C21H19FN2O4/c1-3-17-18(13(2)28-24-17)21(26)27-19(14-7-5-4-6-8-14)20(25)23-16-11-9-15(22)10-12-16/h4-12,19H,3H2,1-2H3,(H,23,25). The minimum absolute atomic E-state index is 0.220. The minimum Gasteiger partial charge on any atom is -0.444 e. The van der Waals surface area contributed by atoms with Crippen molar-refractivity contribution < 1.29 is 23.2 Å². The summed E-state index contributed by atoms with van der Waals surface area (Å²) in [4.78, 5) is 25.6. The van der Waals surface area contributed by atoms with Gasteiger partial charge in [-0.15, -0.1) is 0 Å². The van der Waals surface area contributed by atoms with Gasteiger partial charge in [0.2, 0.25) is 6.10 Å². The molecule has 0 saturated carbocycles. The number of benzene rings is 2. The molecule has 0 aliphatic rings. The first-order valence-corrected chi connectivity index (χ1v) is 8.77. The fourth-order valence-electron chi connectivity index (χ4n) is 2.73. The first-order valence-electron chi connectivity index (χ1n) is 8.77. The lowest BCUT2D eigenvalue weighted by molar-refractivity contribution is -0.125. The Balaban J connectivity index is 1.87. The molecular weight excluding hydrogens is 363 g/mol. The van der Waals surface area contributed by atoms with E-state index in [-0.39, 0.29) is 5.56 Å². The second-order valence-corrected chi connectivity index (χ2v) is 6.11. The number of esters is 1. The van der Waals surface area contributed by atoms with Gasteiger partial charge in [-0.3, -0.25) is 4.79 Å². The number of nitrogens with zero attached hydrogens (tertiary/aromatic N) is 1. The van der Waals surface area contributed by atoms with Crippen LogP contribution in [0, 0.1) is 12.7 Å². The zero-order chi connectivity index (χ0) is 20.1. The van der Waals surface area contributed by atoms with Gasteiger partial charge in [0.1, 0.15) is 17.1 Å². The summed E-state index contributed by atoms with van der Waals surface area (Å²) < 4.78 is 23.7. The van der Waals surface area contributed by atoms with E-state index in [0.29, 0.717) is 29.1 Å². The van der Waals surface area contributed by atoms with E-state index in [1.807, 2.05) is 6.92 Å². The Labute approximate surface area is 161 Å². The lowest BCUT2D eigenvalue weighted by atomic mass is 10.1. The van der Waals surface area contributed by atoms with Crippen molar-refractivity contribution in [2.45, 2.75) is 26.4 Å². The molecule has 0 spiro atoms. The molecule has 7 heteroatoms. The maximum atomic E-state index is 13.1. The molecule has 1 aromatic heterocycles. The van der Waals surface area contributed by atoms with Crippen LogP contribution in [-0.4, -0.2) is 17.0 Å². The molecular formula is C21H19FN2O4. The summed E-state index contributed by atoms with van der Waals surface area (Å²) in [7, 11) is 0. The normalized spacial score (nSPS) is 11.7. The number of ether oxygens (including phenoxy) is 1. The van der Waals surface area contributed by atoms with Crippen molar-refractivity contribution in [3.05, 3.63) is 83.0 Å². The van der Waals surface area contributed by atoms with Crippen molar-refractivity contribution in [2.75, 3.05) is 5.32 Å². The third-order valence-corrected chi connectivity index (χ3v) is 4.15. The molecule has 3 aromatic rings. The van der Waals surface area contributed by atoms with Gasteiger partial charge in [-0.1, -0.05) is 42.4 Å². The summed E-state index contributed by atoms with van der Waals surface area (Å²) in [6.45, 7) is 3.45. The summed E-state index contributed by atoms with van der Waals surface area (Å²) in [5.74, 6) is -1.34. The van der Waals surface area contributed by atoms with Crippen LogP contribution in [0.15, 0.2) is 59.1 Å². The predicted molar refractivity (Wildman–Crippen MR) is 100 cm³/mol. The summed E-state index contributed by atoms with van der Waals surface area (Å²) in [6, 6.07) is 14.0. The Morgan fingerprint density at radius 3 is 2.46 bits per heavy atom. The van der Waals surface area contributed by atoms with Gasteiger partial charge in [0, 0.05) is 11.3 Å². The molecule has 28 heavy (non-hydrogen) atoms. The molecule has 6 nitrogen and oxygen atoms in total. The van der Waals surface area contributed by atoms with Gasteiger partial charge in [0.15, 0.2) is 0 Å². The number of carbonyl (C=O) groups is 2. The molecule has 1 atom stereocenters. The van der Waals surface area contributed by atoms with Crippen LogP contribution in [0.4, 0.5) is 10.1 Å². The van der Waals surface area contributed by atoms with E-state index in [9.17, 15) is 14.0 Å². The van der Waals surface area contributed by atoms with Gasteiger partial charge in [0.25, 0.3) is 5.91 Å². The fourth-order valence-corrected chi connectivity index (χ4v) is 2.73. The van der Waals surface area contributed by atoms with Crippen molar-refractivity contribution >= 4 is 17.6 Å². The molecule has 1 unspecified atom stereocenters. The number of nitrogens with one attached hydrogen (secondary N) is 1. The Hall–Kier alpha value is -3.48. The number of halogens is 1. The average Bonchev–Trinajstić information content (AvgIpc) is 3.09. The van der Waals surface area contributed by atoms with Crippen LogP contribution in [0.3, 0.4) is 0 Å². The second kappa shape index (κ2) is 8.47. The van der Waals surface area contributed by atoms with Crippen LogP contribution in [0.2, 0.25) is 0 Å². The molecule has 0 bridgehead atoms. The third kappa shape index (κ3) is 4.25. The van der Waals surface area contributed by atoms with Crippen LogP contribution in [0.5, 0.6) is 0 Å². The minimum atomic E-state index is -1.20. The average molecular weight is 382 g/mol. The van der Waals surface area contributed by atoms with Crippen LogP contribution < -0.4 is 5.32 Å². The Kier molecular flexibility index (Phi) is 5.84. The molecule has 0 fully saturated rings. The van der Waals surface area contributed by atoms with Gasteiger partial charge in [0.05, 0.1) is 5.69 Å². The maximum absolute atomic E-state index is 13.1. The first-order chi connectivity index (χ1) is 13.5. The van der Waals surface area contributed by atoms with Gasteiger partial charge in [-0.2, -0.15) is 0 Å². The number of amides is 1. The van der Waals surface area contributed by atoms with Crippen molar-refractivity contribution in [3.63, 3.8) is 0 Å². The van der Waals surface area contributed by atoms with E-state index in [1.54, 1.807) is 37.3 Å². The van der Waals surface area contributed by atoms with E-state index < -0.39 is 23.8 Å². The number of anilines is 1. The molecule has 0 saturated heterocycles. The number of aromatic nitrogens is 1. The highest BCUT2D eigenvalue weighted by molar-refractivity contribution is 5.98. The number of hydrogen-bond acceptors (Lipinski definition) is 5. The van der Waals surface area contributed by atoms with Gasteiger partial charge in [-0.25, -0.2) is 9.18 Å². The molecule has 0 radical (unpaired) electrons. The number of rotatable bonds is 6. The maximum Gasteiger partial charge on any atom is 0.344 e. The summed E-state index contributed by atoms with van der Waals surface area (Å²) in [5, 5.41) is 6.48. The first kappa shape index (κ1) is 19.3. The largest absolute Gasteiger partial charge is 0.444 e. The van der Waals surface area contributed by atoms with Crippen LogP contribution in [0.25, 0.3) is 0 Å². The zero-order valence-electron chi connectivity index (χ0n) is 15.4. The van der Waals surface area contributed by atoms with E-state index in [2.05, 4.69) is 10.5 Å². The quantitative estimate of drug-likeness (QED) is 0.646. The molecule has 144 valence electrons. The molecule has 0 aliphatic carbocycles. The predicted octanol–water partition coefficient (Wildman–Crippen LogP) is 4.22. The molecule has 1 amide bonds. The lowest BCUT2D eigenvalue weighted by Crippen LogP contribution is -2.26. The molecule has 1 heterocycles. The van der Waals surface area contributed by atoms with Crippen molar-refractivity contribution in [1.29, 1.82) is 0 Å². The summed E-state index contributed by atoms with van der Waals surface area (Å²) in [5.41, 5.74) is 1.58. The fraction of sp³-hybridized carbons (Fsp3) is 0.190. The number of carbonyl (C=O) groups excluding carboxylic acids is 2. The monoisotopic (exact) mass is 382 g/mol. The van der Waals surface area contributed by atoms with Crippen LogP contribution in [-0.2, 0) is 16.0 Å². The van der Waals surface area contributed by atoms with E-state index in [0.717, 1.165) is 0 Å². The van der Waals surface area contributed by atoms with Gasteiger partial charge in [-0.05, 0) is 37.6 Å². The molecule has 2 aromatic carbocycles. The Morgan fingerprint density at radius 2 is 1.82 bits per heavy atom. The highest BCUT2D eigenvalue weighted by atomic mass is 19.1. The summed E-state index contributed by atoms with van der Waals surface area (Å²) >= 11 is 0. The Morgan fingerprint density at radius 1 is 1.14 bits per heavy atom. The zero-order valence-corrected chi connectivity index (χ0v) is 15.4. The highest BCUT2D eigenvalue weighted by Crippen LogP contribution is 2.24. The topological polar surface area (TPSA) is 81.4 Å². The highest BCUT2D eigenvalue weighted by Gasteiger charge is 2.29.